The first-order chi connectivity index (χ1) is 12.9. The van der Waals surface area contributed by atoms with Crippen LogP contribution in [0.2, 0.25) is 0 Å². The molecule has 0 bridgehead atoms. The molecule has 0 radical (unpaired) electrons. The summed E-state index contributed by atoms with van der Waals surface area (Å²) >= 11 is 0. The number of rotatable bonds is 5. The molecular weight excluding hydrogens is 348 g/mol. The first-order valence-corrected chi connectivity index (χ1v) is 8.41. The van der Waals surface area contributed by atoms with Gasteiger partial charge in [-0.05, 0) is 29.8 Å². The first kappa shape index (κ1) is 18.5. The third-order valence-corrected chi connectivity index (χ3v) is 3.87. The number of hydrogen-bond donors (Lipinski definition) is 0. The molecule has 0 atom stereocenters. The molecule has 0 N–H and O–H groups in total. The number of carbonyl (C=O) groups is 2. The summed E-state index contributed by atoms with van der Waals surface area (Å²) in [4.78, 5) is 24.3. The Morgan fingerprint density at radius 1 is 1.00 bits per heavy atom. The van der Waals surface area contributed by atoms with Gasteiger partial charge in [0.2, 0.25) is 0 Å². The van der Waals surface area contributed by atoms with E-state index in [1.54, 1.807) is 18.2 Å². The number of benzene rings is 2. The molecule has 0 saturated carbocycles. The monoisotopic (exact) mass is 368 g/mol. The van der Waals surface area contributed by atoms with Crippen molar-refractivity contribution in [3.05, 3.63) is 65.2 Å². The van der Waals surface area contributed by atoms with Crippen molar-refractivity contribution in [1.29, 1.82) is 0 Å². The average molecular weight is 368 g/mol. The van der Waals surface area contributed by atoms with Gasteiger partial charge in [-0.15, -0.1) is 0 Å². The average Bonchev–Trinajstić information content (AvgIpc) is 2.63. The SMILES string of the molecule is COc1ccc(OCc2ccccc2)cc1C=C1C(=O)OC(C)(C)OC1=O. The minimum absolute atomic E-state index is 0.201. The van der Waals surface area contributed by atoms with Gasteiger partial charge in [0.15, 0.2) is 0 Å². The van der Waals surface area contributed by atoms with Gasteiger partial charge in [0.25, 0.3) is 5.79 Å². The van der Waals surface area contributed by atoms with E-state index in [0.717, 1.165) is 5.56 Å². The Morgan fingerprint density at radius 2 is 1.67 bits per heavy atom. The minimum Gasteiger partial charge on any atom is -0.496 e. The van der Waals surface area contributed by atoms with Crippen LogP contribution in [0.1, 0.15) is 25.0 Å². The Kier molecular flexibility index (Phi) is 5.16. The topological polar surface area (TPSA) is 71.1 Å². The number of esters is 2. The number of hydrogen-bond acceptors (Lipinski definition) is 6. The van der Waals surface area contributed by atoms with E-state index in [1.807, 2.05) is 30.3 Å². The maximum Gasteiger partial charge on any atom is 0.348 e. The minimum atomic E-state index is -1.28. The summed E-state index contributed by atoms with van der Waals surface area (Å²) in [5, 5.41) is 0. The summed E-state index contributed by atoms with van der Waals surface area (Å²) in [5.74, 6) is -1.71. The highest BCUT2D eigenvalue weighted by molar-refractivity contribution is 6.19. The maximum atomic E-state index is 12.2. The second-order valence-electron chi connectivity index (χ2n) is 6.41. The molecule has 1 aliphatic rings. The van der Waals surface area contributed by atoms with Gasteiger partial charge in [0.05, 0.1) is 7.11 Å². The Balaban J connectivity index is 1.85. The fraction of sp³-hybridized carbons (Fsp3) is 0.238. The predicted octanol–water partition coefficient (Wildman–Crippen LogP) is 3.49. The van der Waals surface area contributed by atoms with Crippen LogP contribution in [0, 0.1) is 0 Å². The largest absolute Gasteiger partial charge is 0.496 e. The summed E-state index contributed by atoms with van der Waals surface area (Å²) in [6, 6.07) is 14.9. The molecule has 140 valence electrons. The van der Waals surface area contributed by atoms with E-state index in [-0.39, 0.29) is 5.57 Å². The van der Waals surface area contributed by atoms with Crippen LogP contribution in [0.3, 0.4) is 0 Å². The van der Waals surface area contributed by atoms with Crippen molar-refractivity contribution in [2.45, 2.75) is 26.2 Å². The Morgan fingerprint density at radius 3 is 2.30 bits per heavy atom. The molecule has 6 nitrogen and oxygen atoms in total. The lowest BCUT2D eigenvalue weighted by atomic mass is 10.1. The van der Waals surface area contributed by atoms with Crippen molar-refractivity contribution in [2.75, 3.05) is 7.11 Å². The fourth-order valence-electron chi connectivity index (χ4n) is 2.59. The Bertz CT molecular complexity index is 861. The molecule has 3 rings (SSSR count). The molecule has 2 aromatic rings. The van der Waals surface area contributed by atoms with E-state index in [4.69, 9.17) is 18.9 Å². The summed E-state index contributed by atoms with van der Waals surface area (Å²) in [6.07, 6.45) is 1.38. The summed E-state index contributed by atoms with van der Waals surface area (Å²) in [7, 11) is 1.50. The molecule has 2 aromatic carbocycles. The normalized spacial score (nSPS) is 15.6. The third-order valence-electron chi connectivity index (χ3n) is 3.87. The maximum absolute atomic E-state index is 12.2. The zero-order valence-corrected chi connectivity index (χ0v) is 15.4. The van der Waals surface area contributed by atoms with Crippen LogP contribution in [0.4, 0.5) is 0 Å². The van der Waals surface area contributed by atoms with Crippen LogP contribution >= 0.6 is 0 Å². The Labute approximate surface area is 157 Å². The molecule has 0 amide bonds. The van der Waals surface area contributed by atoms with Gasteiger partial charge in [-0.1, -0.05) is 30.3 Å². The molecule has 0 unspecified atom stereocenters. The van der Waals surface area contributed by atoms with Crippen LogP contribution in [0.5, 0.6) is 11.5 Å². The summed E-state index contributed by atoms with van der Waals surface area (Å²) in [6.45, 7) is 3.39. The third kappa shape index (κ3) is 4.47. The van der Waals surface area contributed by atoms with Gasteiger partial charge in [-0.25, -0.2) is 9.59 Å². The summed E-state index contributed by atoms with van der Waals surface area (Å²) < 4.78 is 21.3. The van der Waals surface area contributed by atoms with Gasteiger partial charge in [0, 0.05) is 19.4 Å². The highest BCUT2D eigenvalue weighted by Gasteiger charge is 2.39. The van der Waals surface area contributed by atoms with Gasteiger partial charge < -0.3 is 18.9 Å². The molecule has 0 aliphatic carbocycles. The molecule has 1 heterocycles. The quantitative estimate of drug-likeness (QED) is 0.457. The number of methoxy groups -OCH3 is 1. The molecule has 1 fully saturated rings. The Hall–Kier alpha value is -3.28. The lowest BCUT2D eigenvalue weighted by Gasteiger charge is -2.29. The molecular formula is C21H20O6. The van der Waals surface area contributed by atoms with Crippen molar-refractivity contribution >= 4 is 18.0 Å². The fourth-order valence-corrected chi connectivity index (χ4v) is 2.59. The van der Waals surface area contributed by atoms with Crippen LogP contribution in [0.25, 0.3) is 6.08 Å². The number of cyclic esters (lactones) is 2. The van der Waals surface area contributed by atoms with Crippen molar-refractivity contribution in [3.8, 4) is 11.5 Å². The zero-order valence-electron chi connectivity index (χ0n) is 15.4. The van der Waals surface area contributed by atoms with Gasteiger partial charge in [0.1, 0.15) is 23.7 Å². The molecule has 27 heavy (non-hydrogen) atoms. The van der Waals surface area contributed by atoms with Crippen LogP contribution in [-0.2, 0) is 25.7 Å². The smallest absolute Gasteiger partial charge is 0.348 e. The van der Waals surface area contributed by atoms with E-state index >= 15 is 0 Å². The molecule has 6 heteroatoms. The highest BCUT2D eigenvalue weighted by Crippen LogP contribution is 2.30. The molecule has 0 aromatic heterocycles. The highest BCUT2D eigenvalue weighted by atomic mass is 16.7. The van der Waals surface area contributed by atoms with E-state index < -0.39 is 17.7 Å². The second-order valence-corrected chi connectivity index (χ2v) is 6.41. The first-order valence-electron chi connectivity index (χ1n) is 8.41. The van der Waals surface area contributed by atoms with Crippen molar-refractivity contribution in [1.82, 2.24) is 0 Å². The van der Waals surface area contributed by atoms with E-state index in [0.29, 0.717) is 23.7 Å². The van der Waals surface area contributed by atoms with Gasteiger partial charge in [-0.2, -0.15) is 0 Å². The molecule has 1 saturated heterocycles. The van der Waals surface area contributed by atoms with Crippen molar-refractivity contribution in [3.63, 3.8) is 0 Å². The van der Waals surface area contributed by atoms with Gasteiger partial charge in [-0.3, -0.25) is 0 Å². The lowest BCUT2D eigenvalue weighted by Crippen LogP contribution is -2.41. The van der Waals surface area contributed by atoms with Crippen LogP contribution in [0.15, 0.2) is 54.1 Å². The van der Waals surface area contributed by atoms with Crippen LogP contribution in [-0.4, -0.2) is 24.8 Å². The lowest BCUT2D eigenvalue weighted by molar-refractivity contribution is -0.222. The van der Waals surface area contributed by atoms with E-state index in [2.05, 4.69) is 0 Å². The standard InChI is InChI=1S/C21H20O6/c1-21(2)26-19(22)17(20(23)27-21)12-15-11-16(9-10-18(15)24-3)25-13-14-7-5-4-6-8-14/h4-12H,13H2,1-3H3. The van der Waals surface area contributed by atoms with Crippen molar-refractivity contribution in [2.24, 2.45) is 0 Å². The van der Waals surface area contributed by atoms with E-state index in [1.165, 1.54) is 27.0 Å². The van der Waals surface area contributed by atoms with Crippen molar-refractivity contribution < 1.29 is 28.5 Å². The zero-order chi connectivity index (χ0) is 19.4. The van der Waals surface area contributed by atoms with E-state index in [9.17, 15) is 9.59 Å². The predicted molar refractivity (Wildman–Crippen MR) is 98.0 cm³/mol. The number of ether oxygens (including phenoxy) is 4. The number of carbonyl (C=O) groups excluding carboxylic acids is 2. The second kappa shape index (κ2) is 7.53. The molecule has 0 spiro atoms. The van der Waals surface area contributed by atoms with Gasteiger partial charge >= 0.3 is 11.9 Å². The summed E-state index contributed by atoms with van der Waals surface area (Å²) in [5.41, 5.74) is 1.33. The van der Waals surface area contributed by atoms with Crippen LogP contribution < -0.4 is 9.47 Å². The molecule has 1 aliphatic heterocycles.